The van der Waals surface area contributed by atoms with Crippen molar-refractivity contribution in [3.63, 3.8) is 0 Å². The molecular weight excluding hydrogens is 276 g/mol. The minimum atomic E-state index is -3.16. The van der Waals surface area contributed by atoms with Crippen LogP contribution in [0.25, 0.3) is 11.0 Å². The minimum Gasteiger partial charge on any atom is -0.461 e. The van der Waals surface area contributed by atoms with E-state index in [0.29, 0.717) is 19.6 Å². The first kappa shape index (κ1) is 15.0. The highest BCUT2D eigenvalue weighted by Crippen LogP contribution is 2.24. The number of furan rings is 1. The molecule has 0 atom stereocenters. The largest absolute Gasteiger partial charge is 0.461 e. The monoisotopic (exact) mass is 296 g/mol. The highest BCUT2D eigenvalue weighted by molar-refractivity contribution is 7.89. The van der Waals surface area contributed by atoms with Crippen LogP contribution in [0.5, 0.6) is 0 Å². The van der Waals surface area contributed by atoms with Crippen LogP contribution < -0.4 is 10.0 Å². The van der Waals surface area contributed by atoms with Gasteiger partial charge in [-0.05, 0) is 13.0 Å². The quantitative estimate of drug-likeness (QED) is 0.764. The molecule has 0 saturated heterocycles. The van der Waals surface area contributed by atoms with E-state index in [1.807, 2.05) is 31.2 Å². The Bertz CT molecular complexity index is 677. The Morgan fingerprint density at radius 2 is 2.00 bits per heavy atom. The average molecular weight is 296 g/mol. The summed E-state index contributed by atoms with van der Waals surface area (Å²) in [6, 6.07) is 7.85. The molecule has 0 radical (unpaired) electrons. The summed E-state index contributed by atoms with van der Waals surface area (Å²) >= 11 is 0. The molecule has 0 saturated carbocycles. The van der Waals surface area contributed by atoms with Crippen LogP contribution in [0.3, 0.4) is 0 Å². The molecule has 6 heteroatoms. The maximum Gasteiger partial charge on any atom is 0.212 e. The van der Waals surface area contributed by atoms with Crippen LogP contribution in [0.15, 0.2) is 28.7 Å². The maximum atomic E-state index is 11.5. The van der Waals surface area contributed by atoms with Crippen LogP contribution in [-0.2, 0) is 16.6 Å². The summed E-state index contributed by atoms with van der Waals surface area (Å²) in [6.07, 6.45) is 0. The third-order valence-corrected chi connectivity index (χ3v) is 4.58. The van der Waals surface area contributed by atoms with E-state index in [0.717, 1.165) is 22.3 Å². The average Bonchev–Trinajstić information content (AvgIpc) is 2.70. The number of fused-ring (bicyclic) bond motifs is 1. The first-order chi connectivity index (χ1) is 9.53. The van der Waals surface area contributed by atoms with Crippen LogP contribution in [0, 0.1) is 6.92 Å². The number of nitrogens with one attached hydrogen (secondary N) is 2. The molecule has 2 N–H and O–H groups in total. The fourth-order valence-electron chi connectivity index (χ4n) is 2.15. The van der Waals surface area contributed by atoms with Crippen molar-refractivity contribution >= 4 is 21.0 Å². The summed E-state index contributed by atoms with van der Waals surface area (Å²) in [4.78, 5) is 0. The molecular formula is C14H20N2O3S. The predicted molar refractivity (Wildman–Crippen MR) is 80.1 cm³/mol. The lowest BCUT2D eigenvalue weighted by Crippen LogP contribution is -2.31. The molecule has 2 rings (SSSR count). The van der Waals surface area contributed by atoms with E-state index < -0.39 is 10.0 Å². The molecule has 20 heavy (non-hydrogen) atoms. The van der Waals surface area contributed by atoms with E-state index in [-0.39, 0.29) is 5.75 Å². The van der Waals surface area contributed by atoms with Gasteiger partial charge < -0.3 is 9.73 Å². The fraction of sp³-hybridized carbons (Fsp3) is 0.429. The van der Waals surface area contributed by atoms with Gasteiger partial charge >= 0.3 is 0 Å². The highest BCUT2D eigenvalue weighted by atomic mass is 32.2. The zero-order valence-corrected chi connectivity index (χ0v) is 12.6. The van der Waals surface area contributed by atoms with E-state index in [1.165, 1.54) is 0 Å². The number of aryl methyl sites for hydroxylation is 1. The van der Waals surface area contributed by atoms with Crippen LogP contribution in [0.4, 0.5) is 0 Å². The summed E-state index contributed by atoms with van der Waals surface area (Å²) in [6.45, 7) is 5.13. The van der Waals surface area contributed by atoms with Crippen molar-refractivity contribution in [1.29, 1.82) is 0 Å². The van der Waals surface area contributed by atoms with Crippen LogP contribution >= 0.6 is 0 Å². The molecule has 0 fully saturated rings. The Labute approximate surface area is 119 Å². The van der Waals surface area contributed by atoms with E-state index in [9.17, 15) is 8.42 Å². The molecule has 110 valence electrons. The lowest BCUT2D eigenvalue weighted by atomic mass is 10.1. The van der Waals surface area contributed by atoms with Gasteiger partial charge in [0.1, 0.15) is 11.3 Å². The molecule has 2 aromatic rings. The molecule has 0 aliphatic heterocycles. The lowest BCUT2D eigenvalue weighted by molar-refractivity contribution is 0.564. The van der Waals surface area contributed by atoms with Crippen LogP contribution in [-0.4, -0.2) is 27.3 Å². The van der Waals surface area contributed by atoms with Gasteiger partial charge in [0, 0.05) is 30.6 Å². The molecule has 0 bridgehead atoms. The van der Waals surface area contributed by atoms with Gasteiger partial charge in [-0.25, -0.2) is 13.1 Å². The van der Waals surface area contributed by atoms with Gasteiger partial charge in [-0.15, -0.1) is 0 Å². The summed E-state index contributed by atoms with van der Waals surface area (Å²) in [7, 11) is -3.16. The zero-order valence-electron chi connectivity index (χ0n) is 11.8. The Hall–Kier alpha value is -1.37. The van der Waals surface area contributed by atoms with Crippen molar-refractivity contribution in [2.24, 2.45) is 0 Å². The number of rotatable bonds is 7. The number of sulfonamides is 1. The first-order valence-corrected chi connectivity index (χ1v) is 8.34. The van der Waals surface area contributed by atoms with Crippen LogP contribution in [0.1, 0.15) is 18.2 Å². The molecule has 1 heterocycles. The summed E-state index contributed by atoms with van der Waals surface area (Å²) < 4.78 is 31.1. The van der Waals surface area contributed by atoms with Crippen molar-refractivity contribution in [2.45, 2.75) is 20.4 Å². The maximum absolute atomic E-state index is 11.5. The van der Waals surface area contributed by atoms with Crippen molar-refractivity contribution in [3.8, 4) is 0 Å². The van der Waals surface area contributed by atoms with Gasteiger partial charge in [0.15, 0.2) is 0 Å². The third kappa shape index (κ3) is 3.59. The van der Waals surface area contributed by atoms with Gasteiger partial charge in [-0.1, -0.05) is 25.1 Å². The Balaban J connectivity index is 1.95. The smallest absolute Gasteiger partial charge is 0.212 e. The zero-order chi connectivity index (χ0) is 14.6. The number of hydrogen-bond acceptors (Lipinski definition) is 4. The van der Waals surface area contributed by atoms with E-state index >= 15 is 0 Å². The second-order valence-corrected chi connectivity index (χ2v) is 6.55. The summed E-state index contributed by atoms with van der Waals surface area (Å²) in [5, 5.41) is 4.23. The summed E-state index contributed by atoms with van der Waals surface area (Å²) in [5.74, 6) is 0.948. The molecule has 0 aliphatic rings. The minimum absolute atomic E-state index is 0.0790. The topological polar surface area (TPSA) is 71.3 Å². The second kappa shape index (κ2) is 6.39. The van der Waals surface area contributed by atoms with Gasteiger partial charge in [0.05, 0.1) is 5.75 Å². The van der Waals surface area contributed by atoms with Crippen molar-refractivity contribution in [1.82, 2.24) is 10.0 Å². The molecule has 0 spiro atoms. The second-order valence-electron chi connectivity index (χ2n) is 4.63. The summed E-state index contributed by atoms with van der Waals surface area (Å²) in [5.41, 5.74) is 1.95. The number of hydrogen-bond donors (Lipinski definition) is 2. The molecule has 1 aromatic carbocycles. The normalized spacial score (nSPS) is 12.1. The standard InChI is InChI=1S/C14H20N2O3S/c1-3-16-20(17,18)9-8-15-10-13-11(2)19-14-7-5-4-6-12(13)14/h4-7,15-16H,3,8-10H2,1-2H3. The van der Waals surface area contributed by atoms with E-state index in [1.54, 1.807) is 6.92 Å². The molecule has 1 aromatic heterocycles. The molecule has 0 unspecified atom stereocenters. The SMILES string of the molecule is CCNS(=O)(=O)CCNCc1c(C)oc2ccccc12. The van der Waals surface area contributed by atoms with E-state index in [2.05, 4.69) is 10.0 Å². The van der Waals surface area contributed by atoms with E-state index in [4.69, 9.17) is 4.42 Å². The Morgan fingerprint density at radius 1 is 1.25 bits per heavy atom. The Morgan fingerprint density at radius 3 is 2.75 bits per heavy atom. The number of para-hydroxylation sites is 1. The predicted octanol–water partition coefficient (Wildman–Crippen LogP) is 1.77. The van der Waals surface area contributed by atoms with Gasteiger partial charge in [0.2, 0.25) is 10.0 Å². The molecule has 5 nitrogen and oxygen atoms in total. The molecule has 0 aliphatic carbocycles. The van der Waals surface area contributed by atoms with Crippen LogP contribution in [0.2, 0.25) is 0 Å². The highest BCUT2D eigenvalue weighted by Gasteiger charge is 2.11. The Kier molecular flexibility index (Phi) is 4.80. The van der Waals surface area contributed by atoms with Crippen molar-refractivity contribution in [3.05, 3.63) is 35.6 Å². The van der Waals surface area contributed by atoms with Crippen molar-refractivity contribution < 1.29 is 12.8 Å². The van der Waals surface area contributed by atoms with Gasteiger partial charge in [0.25, 0.3) is 0 Å². The molecule has 0 amide bonds. The first-order valence-electron chi connectivity index (χ1n) is 6.68. The lowest BCUT2D eigenvalue weighted by Gasteiger charge is -2.06. The number of benzene rings is 1. The van der Waals surface area contributed by atoms with Crippen molar-refractivity contribution in [2.75, 3.05) is 18.8 Å². The van der Waals surface area contributed by atoms with Gasteiger partial charge in [-0.2, -0.15) is 0 Å². The van der Waals surface area contributed by atoms with Gasteiger partial charge in [-0.3, -0.25) is 0 Å². The third-order valence-electron chi connectivity index (χ3n) is 3.11. The fourth-order valence-corrected chi connectivity index (χ4v) is 3.15.